The Hall–Kier alpha value is -4.54. The third-order valence-corrected chi connectivity index (χ3v) is 5.85. The SMILES string of the molecule is O=C1CCC(N2Cc3cc(CNc4nc(-c5ccc(C(=O)O)cc5)no4)ccc3C2=O)C(=O)N1. The molecule has 2 aromatic carbocycles. The van der Waals surface area contributed by atoms with Crippen molar-refractivity contribution in [1.82, 2.24) is 20.4 Å². The lowest BCUT2D eigenvalue weighted by Crippen LogP contribution is -2.52. The second-order valence-corrected chi connectivity index (χ2v) is 8.05. The predicted octanol–water partition coefficient (Wildman–Crippen LogP) is 1.81. The van der Waals surface area contributed by atoms with Crippen LogP contribution in [-0.4, -0.2) is 49.9 Å². The van der Waals surface area contributed by atoms with Gasteiger partial charge >= 0.3 is 12.0 Å². The van der Waals surface area contributed by atoms with Crippen LogP contribution < -0.4 is 10.6 Å². The Morgan fingerprint density at radius 2 is 1.97 bits per heavy atom. The zero-order chi connectivity index (χ0) is 23.8. The van der Waals surface area contributed by atoms with Crippen molar-refractivity contribution in [2.24, 2.45) is 0 Å². The molecule has 0 saturated carbocycles. The molecule has 0 radical (unpaired) electrons. The van der Waals surface area contributed by atoms with Gasteiger partial charge < -0.3 is 19.8 Å². The minimum absolute atomic E-state index is 0.164. The van der Waals surface area contributed by atoms with Crippen molar-refractivity contribution in [2.45, 2.75) is 32.0 Å². The number of anilines is 1. The summed E-state index contributed by atoms with van der Waals surface area (Å²) in [5, 5.41) is 18.2. The highest BCUT2D eigenvalue weighted by Gasteiger charge is 2.39. The molecule has 0 spiro atoms. The van der Waals surface area contributed by atoms with Gasteiger partial charge in [-0.1, -0.05) is 29.4 Å². The normalized spacial score (nSPS) is 17.5. The van der Waals surface area contributed by atoms with Crippen LogP contribution in [0.15, 0.2) is 47.0 Å². The molecule has 11 heteroatoms. The van der Waals surface area contributed by atoms with Crippen LogP contribution in [0.3, 0.4) is 0 Å². The summed E-state index contributed by atoms with van der Waals surface area (Å²) in [7, 11) is 0. The Morgan fingerprint density at radius 3 is 2.71 bits per heavy atom. The first-order valence-electron chi connectivity index (χ1n) is 10.6. The van der Waals surface area contributed by atoms with E-state index in [9.17, 15) is 19.2 Å². The fraction of sp³-hybridized carbons (Fsp3) is 0.217. The van der Waals surface area contributed by atoms with Crippen LogP contribution in [0.4, 0.5) is 6.01 Å². The fourth-order valence-electron chi connectivity index (χ4n) is 4.09. The molecule has 0 aliphatic carbocycles. The lowest BCUT2D eigenvalue weighted by Gasteiger charge is -2.29. The Labute approximate surface area is 192 Å². The van der Waals surface area contributed by atoms with Gasteiger partial charge in [0.2, 0.25) is 17.6 Å². The van der Waals surface area contributed by atoms with Crippen molar-refractivity contribution < 1.29 is 28.8 Å². The Balaban J connectivity index is 1.24. The summed E-state index contributed by atoms with van der Waals surface area (Å²) < 4.78 is 5.22. The standard InChI is InChI=1S/C23H19N5O6/c29-18-8-7-17(20(30)25-18)28-11-15-9-12(1-6-16(15)21(28)31)10-24-23-26-19(27-34-23)13-2-4-14(5-3-13)22(32)33/h1-6,9,17H,7-8,10-11H2,(H,32,33)(H,24,26,27)(H,25,29,30). The van der Waals surface area contributed by atoms with E-state index in [0.717, 1.165) is 11.1 Å². The summed E-state index contributed by atoms with van der Waals surface area (Å²) in [5.74, 6) is -1.68. The van der Waals surface area contributed by atoms with Gasteiger partial charge in [-0.2, -0.15) is 4.98 Å². The number of imide groups is 1. The molecule has 5 rings (SSSR count). The van der Waals surface area contributed by atoms with Crippen LogP contribution in [0, 0.1) is 0 Å². The van der Waals surface area contributed by atoms with Gasteiger partial charge in [0.1, 0.15) is 6.04 Å². The van der Waals surface area contributed by atoms with Gasteiger partial charge in [-0.25, -0.2) is 4.79 Å². The number of rotatable bonds is 6. The summed E-state index contributed by atoms with van der Waals surface area (Å²) >= 11 is 0. The van der Waals surface area contributed by atoms with E-state index in [2.05, 4.69) is 20.8 Å². The van der Waals surface area contributed by atoms with Crippen LogP contribution in [0.1, 0.15) is 44.7 Å². The van der Waals surface area contributed by atoms with Crippen LogP contribution in [0.2, 0.25) is 0 Å². The van der Waals surface area contributed by atoms with Crippen molar-refractivity contribution in [3.8, 4) is 11.4 Å². The summed E-state index contributed by atoms with van der Waals surface area (Å²) in [5.41, 5.74) is 3.00. The molecule has 172 valence electrons. The third-order valence-electron chi connectivity index (χ3n) is 5.85. The van der Waals surface area contributed by atoms with Crippen molar-refractivity contribution in [2.75, 3.05) is 5.32 Å². The van der Waals surface area contributed by atoms with Gasteiger partial charge in [0, 0.05) is 30.6 Å². The molecule has 34 heavy (non-hydrogen) atoms. The maximum Gasteiger partial charge on any atom is 0.335 e. The van der Waals surface area contributed by atoms with Gasteiger partial charge in [-0.15, -0.1) is 0 Å². The molecule has 1 aromatic heterocycles. The van der Waals surface area contributed by atoms with Crippen LogP contribution in [-0.2, 0) is 22.7 Å². The number of carbonyl (C=O) groups excluding carboxylic acids is 3. The maximum atomic E-state index is 12.8. The zero-order valence-electron chi connectivity index (χ0n) is 17.8. The van der Waals surface area contributed by atoms with E-state index in [1.54, 1.807) is 24.3 Å². The largest absolute Gasteiger partial charge is 0.478 e. The van der Waals surface area contributed by atoms with Crippen molar-refractivity contribution in [3.05, 3.63) is 64.7 Å². The van der Waals surface area contributed by atoms with Gasteiger partial charge in [-0.05, 0) is 35.7 Å². The molecule has 11 nitrogen and oxygen atoms in total. The molecule has 0 bridgehead atoms. The molecule has 3 aromatic rings. The van der Waals surface area contributed by atoms with E-state index in [-0.39, 0.29) is 29.8 Å². The quantitative estimate of drug-likeness (QED) is 0.466. The minimum atomic E-state index is -1.02. The van der Waals surface area contributed by atoms with Crippen molar-refractivity contribution in [1.29, 1.82) is 0 Å². The van der Waals surface area contributed by atoms with Gasteiger partial charge in [0.15, 0.2) is 0 Å². The number of hydrogen-bond donors (Lipinski definition) is 3. The number of aromatic carboxylic acids is 1. The lowest BCUT2D eigenvalue weighted by molar-refractivity contribution is -0.136. The second kappa shape index (κ2) is 8.43. The highest BCUT2D eigenvalue weighted by atomic mass is 16.5. The van der Waals surface area contributed by atoms with E-state index in [1.807, 2.05) is 6.07 Å². The van der Waals surface area contributed by atoms with Crippen molar-refractivity contribution >= 4 is 29.7 Å². The molecule has 2 aliphatic heterocycles. The molecule has 2 aliphatic rings. The first kappa shape index (κ1) is 21.3. The highest BCUT2D eigenvalue weighted by molar-refractivity contribution is 6.05. The number of amides is 3. The Bertz CT molecular complexity index is 1320. The number of fused-ring (bicyclic) bond motifs is 1. The number of benzene rings is 2. The first-order valence-corrected chi connectivity index (χ1v) is 10.6. The molecular formula is C23H19N5O6. The van der Waals surface area contributed by atoms with Gasteiger partial charge in [0.05, 0.1) is 5.56 Å². The topological polar surface area (TPSA) is 155 Å². The Kier molecular flexibility index (Phi) is 5.28. The van der Waals surface area contributed by atoms with Crippen LogP contribution in [0.5, 0.6) is 0 Å². The minimum Gasteiger partial charge on any atom is -0.478 e. The van der Waals surface area contributed by atoms with E-state index in [4.69, 9.17) is 9.63 Å². The monoisotopic (exact) mass is 461 g/mol. The smallest absolute Gasteiger partial charge is 0.335 e. The number of carbonyl (C=O) groups is 4. The third kappa shape index (κ3) is 3.98. The number of carboxylic acid groups (broad SMARTS) is 1. The molecular weight excluding hydrogens is 442 g/mol. The number of carboxylic acids is 1. The van der Waals surface area contributed by atoms with Crippen LogP contribution in [0.25, 0.3) is 11.4 Å². The first-order chi connectivity index (χ1) is 16.4. The zero-order valence-corrected chi connectivity index (χ0v) is 17.8. The van der Waals surface area contributed by atoms with Gasteiger partial charge in [-0.3, -0.25) is 19.7 Å². The molecule has 1 fully saturated rings. The van der Waals surface area contributed by atoms with E-state index < -0.39 is 17.9 Å². The summed E-state index contributed by atoms with van der Waals surface area (Å²) in [4.78, 5) is 53.1. The summed E-state index contributed by atoms with van der Waals surface area (Å²) in [6.07, 6.45) is 0.527. The molecule has 1 saturated heterocycles. The predicted molar refractivity (Wildman–Crippen MR) is 117 cm³/mol. The molecule has 3 heterocycles. The van der Waals surface area contributed by atoms with Crippen molar-refractivity contribution in [3.63, 3.8) is 0 Å². The fourth-order valence-corrected chi connectivity index (χ4v) is 4.09. The molecule has 1 atom stereocenters. The highest BCUT2D eigenvalue weighted by Crippen LogP contribution is 2.28. The Morgan fingerprint density at radius 1 is 1.18 bits per heavy atom. The molecule has 3 amide bonds. The number of piperidine rings is 1. The average molecular weight is 461 g/mol. The van der Waals surface area contributed by atoms with E-state index >= 15 is 0 Å². The lowest BCUT2D eigenvalue weighted by atomic mass is 10.0. The second-order valence-electron chi connectivity index (χ2n) is 8.05. The van der Waals surface area contributed by atoms with E-state index in [1.165, 1.54) is 17.0 Å². The summed E-state index contributed by atoms with van der Waals surface area (Å²) in [6.45, 7) is 0.658. The molecule has 3 N–H and O–H groups in total. The average Bonchev–Trinajstić information content (AvgIpc) is 3.42. The van der Waals surface area contributed by atoms with Gasteiger partial charge in [0.25, 0.3) is 5.91 Å². The number of hydrogen-bond acceptors (Lipinski definition) is 8. The summed E-state index contributed by atoms with van der Waals surface area (Å²) in [6, 6.07) is 11.1. The maximum absolute atomic E-state index is 12.8. The number of nitrogens with zero attached hydrogens (tertiary/aromatic N) is 3. The van der Waals surface area contributed by atoms with E-state index in [0.29, 0.717) is 36.5 Å². The number of nitrogens with one attached hydrogen (secondary N) is 2. The molecule has 1 unspecified atom stereocenters. The van der Waals surface area contributed by atoms with Crippen LogP contribution >= 0.6 is 0 Å². The number of aromatic nitrogens is 2.